The van der Waals surface area contributed by atoms with E-state index in [1.165, 1.54) is 0 Å². The normalized spacial score (nSPS) is 10.6. The summed E-state index contributed by atoms with van der Waals surface area (Å²) in [6.07, 6.45) is 0.311. The number of benzene rings is 3. The van der Waals surface area contributed by atoms with Crippen LogP contribution in [0.5, 0.6) is 5.75 Å². The summed E-state index contributed by atoms with van der Waals surface area (Å²) in [4.78, 5) is 17.2. The lowest BCUT2D eigenvalue weighted by atomic mass is 10.1. The second kappa shape index (κ2) is 9.37. The average Bonchev–Trinajstić information content (AvgIpc) is 3.27. The summed E-state index contributed by atoms with van der Waals surface area (Å²) < 4.78 is 5.44. The van der Waals surface area contributed by atoms with Gasteiger partial charge in [-0.1, -0.05) is 54.6 Å². The average molecular weight is 415 g/mol. The number of carbonyl (C=O) groups is 1. The Bertz CT molecular complexity index is 1120. The Kier molecular flexibility index (Phi) is 6.20. The Morgan fingerprint density at radius 1 is 0.967 bits per heavy atom. The molecule has 0 radical (unpaired) electrons. The molecule has 4 nitrogen and oxygen atoms in total. The lowest BCUT2D eigenvalue weighted by molar-refractivity contribution is -0.115. The van der Waals surface area contributed by atoms with Crippen molar-refractivity contribution in [3.63, 3.8) is 0 Å². The Balaban J connectivity index is 1.43. The number of thiazole rings is 1. The van der Waals surface area contributed by atoms with Crippen LogP contribution in [0.1, 0.15) is 12.5 Å². The van der Waals surface area contributed by atoms with Crippen molar-refractivity contribution in [1.82, 2.24) is 4.98 Å². The van der Waals surface area contributed by atoms with Crippen LogP contribution in [0.15, 0.2) is 84.2 Å². The molecule has 0 unspecified atom stereocenters. The highest BCUT2D eigenvalue weighted by molar-refractivity contribution is 7.13. The van der Waals surface area contributed by atoms with Crippen molar-refractivity contribution in [2.24, 2.45) is 0 Å². The van der Waals surface area contributed by atoms with Gasteiger partial charge in [0.15, 0.2) is 0 Å². The van der Waals surface area contributed by atoms with E-state index in [1.54, 1.807) is 11.3 Å². The number of hydrogen-bond donors (Lipinski definition) is 1. The molecule has 30 heavy (non-hydrogen) atoms. The number of nitrogens with one attached hydrogen (secondary N) is 1. The molecule has 0 aliphatic rings. The highest BCUT2D eigenvalue weighted by Gasteiger charge is 2.09. The number of hydrogen-bond acceptors (Lipinski definition) is 4. The molecule has 150 valence electrons. The fourth-order valence-corrected chi connectivity index (χ4v) is 3.97. The van der Waals surface area contributed by atoms with Gasteiger partial charge in [0.2, 0.25) is 5.91 Å². The first-order valence-corrected chi connectivity index (χ1v) is 10.7. The number of anilines is 1. The molecule has 1 heterocycles. The summed E-state index contributed by atoms with van der Waals surface area (Å²) in [5.74, 6) is 0.757. The third-order valence-electron chi connectivity index (χ3n) is 4.57. The van der Waals surface area contributed by atoms with Gasteiger partial charge in [0.25, 0.3) is 0 Å². The van der Waals surface area contributed by atoms with Gasteiger partial charge in [0.1, 0.15) is 10.8 Å². The molecule has 0 aliphatic carbocycles. The van der Waals surface area contributed by atoms with Crippen molar-refractivity contribution >= 4 is 22.9 Å². The van der Waals surface area contributed by atoms with Crippen LogP contribution >= 0.6 is 11.3 Å². The van der Waals surface area contributed by atoms with Gasteiger partial charge >= 0.3 is 0 Å². The van der Waals surface area contributed by atoms with Gasteiger partial charge in [-0.25, -0.2) is 4.98 Å². The van der Waals surface area contributed by atoms with E-state index >= 15 is 0 Å². The minimum atomic E-state index is -0.0560. The maximum absolute atomic E-state index is 12.5. The molecule has 0 saturated carbocycles. The van der Waals surface area contributed by atoms with Crippen LogP contribution in [-0.2, 0) is 11.2 Å². The van der Waals surface area contributed by atoms with Crippen LogP contribution in [-0.4, -0.2) is 17.5 Å². The Labute approximate surface area is 180 Å². The fraction of sp³-hybridized carbons (Fsp3) is 0.120. The molecule has 0 saturated heterocycles. The third kappa shape index (κ3) is 4.93. The summed E-state index contributed by atoms with van der Waals surface area (Å²) in [5.41, 5.74) is 4.69. The number of ether oxygens (including phenoxy) is 1. The van der Waals surface area contributed by atoms with Gasteiger partial charge < -0.3 is 10.1 Å². The summed E-state index contributed by atoms with van der Waals surface area (Å²) in [6.45, 7) is 2.57. The zero-order valence-corrected chi connectivity index (χ0v) is 17.5. The Morgan fingerprint density at radius 2 is 1.73 bits per heavy atom. The molecule has 0 bridgehead atoms. The van der Waals surface area contributed by atoms with Gasteiger partial charge in [0, 0.05) is 22.2 Å². The monoisotopic (exact) mass is 414 g/mol. The Hall–Kier alpha value is -3.44. The van der Waals surface area contributed by atoms with Crippen LogP contribution in [0.3, 0.4) is 0 Å². The van der Waals surface area contributed by atoms with Crippen LogP contribution in [0, 0.1) is 0 Å². The summed E-state index contributed by atoms with van der Waals surface area (Å²) in [7, 11) is 0. The van der Waals surface area contributed by atoms with Crippen molar-refractivity contribution in [2.75, 3.05) is 11.9 Å². The quantitative estimate of drug-likeness (QED) is 0.400. The molecule has 3 aromatic carbocycles. The number of rotatable bonds is 7. The number of carbonyl (C=O) groups excluding carboxylic acids is 1. The van der Waals surface area contributed by atoms with Gasteiger partial charge in [-0.2, -0.15) is 0 Å². The van der Waals surface area contributed by atoms with E-state index in [0.29, 0.717) is 13.0 Å². The fourth-order valence-electron chi connectivity index (χ4n) is 3.14. The molecule has 0 fully saturated rings. The molecule has 5 heteroatoms. The molecule has 1 N–H and O–H groups in total. The molecule has 0 aliphatic heterocycles. The molecule has 1 amide bonds. The largest absolute Gasteiger partial charge is 0.494 e. The highest BCUT2D eigenvalue weighted by atomic mass is 32.1. The summed E-state index contributed by atoms with van der Waals surface area (Å²) in [6, 6.07) is 25.5. The van der Waals surface area contributed by atoms with Crippen molar-refractivity contribution in [1.29, 1.82) is 0 Å². The lowest BCUT2D eigenvalue weighted by Crippen LogP contribution is -2.14. The molecule has 1 aromatic heterocycles. The molecule has 0 spiro atoms. The number of nitrogens with zero attached hydrogens (tertiary/aromatic N) is 1. The molecule has 4 rings (SSSR count). The third-order valence-corrected chi connectivity index (χ3v) is 5.46. The van der Waals surface area contributed by atoms with Crippen LogP contribution in [0.2, 0.25) is 0 Å². The van der Waals surface area contributed by atoms with Crippen LogP contribution in [0.4, 0.5) is 5.69 Å². The SMILES string of the molecule is CCOc1ccc(CC(=O)Nc2cccc(-c3csc(-c4ccccc4)n3)c2)cc1. The minimum absolute atomic E-state index is 0.0560. The first kappa shape index (κ1) is 19.9. The van der Waals surface area contributed by atoms with Crippen LogP contribution in [0.25, 0.3) is 21.8 Å². The minimum Gasteiger partial charge on any atom is -0.494 e. The first-order valence-electron chi connectivity index (χ1n) is 9.84. The maximum Gasteiger partial charge on any atom is 0.228 e. The Morgan fingerprint density at radius 3 is 2.50 bits per heavy atom. The topological polar surface area (TPSA) is 51.2 Å². The summed E-state index contributed by atoms with van der Waals surface area (Å²) in [5, 5.41) is 6.01. The summed E-state index contributed by atoms with van der Waals surface area (Å²) >= 11 is 1.61. The zero-order chi connectivity index (χ0) is 20.8. The van der Waals surface area contributed by atoms with Gasteiger partial charge in [-0.3, -0.25) is 4.79 Å². The smallest absolute Gasteiger partial charge is 0.228 e. The predicted molar refractivity (Wildman–Crippen MR) is 123 cm³/mol. The van der Waals surface area contributed by atoms with E-state index in [1.807, 2.05) is 79.0 Å². The second-order valence-electron chi connectivity index (χ2n) is 6.79. The van der Waals surface area contributed by atoms with E-state index in [-0.39, 0.29) is 5.91 Å². The number of amides is 1. The zero-order valence-electron chi connectivity index (χ0n) is 16.7. The van der Waals surface area contributed by atoms with Gasteiger partial charge in [0.05, 0.1) is 18.7 Å². The molecule has 0 atom stereocenters. The van der Waals surface area contributed by atoms with Crippen molar-refractivity contribution < 1.29 is 9.53 Å². The van der Waals surface area contributed by atoms with E-state index in [2.05, 4.69) is 17.4 Å². The molecule has 4 aromatic rings. The highest BCUT2D eigenvalue weighted by Crippen LogP contribution is 2.29. The molecular formula is C25H22N2O2S. The second-order valence-corrected chi connectivity index (χ2v) is 7.64. The maximum atomic E-state index is 12.5. The standard InChI is InChI=1S/C25H22N2O2S/c1-2-29-22-13-11-18(12-14-22)15-24(28)26-21-10-6-9-20(16-21)23-17-30-25(27-23)19-7-4-3-5-8-19/h3-14,16-17H,2,15H2,1H3,(H,26,28). The van der Waals surface area contributed by atoms with E-state index in [9.17, 15) is 4.79 Å². The van der Waals surface area contributed by atoms with Crippen LogP contribution < -0.4 is 10.1 Å². The lowest BCUT2D eigenvalue weighted by Gasteiger charge is -2.08. The van der Waals surface area contributed by atoms with Crippen molar-refractivity contribution in [2.45, 2.75) is 13.3 Å². The van der Waals surface area contributed by atoms with Crippen molar-refractivity contribution in [3.8, 4) is 27.6 Å². The van der Waals surface area contributed by atoms with E-state index in [0.717, 1.165) is 38.8 Å². The molecular weight excluding hydrogens is 392 g/mol. The van der Waals surface area contributed by atoms with Gasteiger partial charge in [-0.05, 0) is 36.8 Å². The van der Waals surface area contributed by atoms with Crippen molar-refractivity contribution in [3.05, 3.63) is 89.8 Å². The van der Waals surface area contributed by atoms with Gasteiger partial charge in [-0.15, -0.1) is 11.3 Å². The first-order chi connectivity index (χ1) is 14.7. The number of aromatic nitrogens is 1. The predicted octanol–water partition coefficient (Wildman–Crippen LogP) is 6.06. The van der Waals surface area contributed by atoms with E-state index < -0.39 is 0 Å². The van der Waals surface area contributed by atoms with E-state index in [4.69, 9.17) is 9.72 Å².